The monoisotopic (exact) mass is 450 g/mol. The number of ether oxygens (including phenoxy) is 1. The smallest absolute Gasteiger partial charge is 0.378 e. The van der Waals surface area contributed by atoms with E-state index in [2.05, 4.69) is 16.0 Å². The Labute approximate surface area is 183 Å². The summed E-state index contributed by atoms with van der Waals surface area (Å²) in [4.78, 5) is 26.5. The Bertz CT molecular complexity index is 975. The average molecular weight is 450 g/mol. The van der Waals surface area contributed by atoms with Crippen molar-refractivity contribution in [2.75, 3.05) is 48.9 Å². The lowest BCUT2D eigenvalue weighted by molar-refractivity contribution is -0.137. The molecule has 3 rings (SSSR count). The first-order valence-corrected chi connectivity index (χ1v) is 10.1. The number of anilines is 3. The maximum absolute atomic E-state index is 13.3. The van der Waals surface area contributed by atoms with Crippen LogP contribution >= 0.6 is 0 Å². The summed E-state index contributed by atoms with van der Waals surface area (Å²) in [5.74, 6) is -0.783. The summed E-state index contributed by atoms with van der Waals surface area (Å²) >= 11 is 0. The molecule has 0 aromatic heterocycles. The Morgan fingerprint density at radius 1 is 1.09 bits per heavy atom. The van der Waals surface area contributed by atoms with Crippen molar-refractivity contribution in [3.8, 4) is 0 Å². The zero-order chi connectivity index (χ0) is 23.3. The van der Waals surface area contributed by atoms with Gasteiger partial charge in [0.15, 0.2) is 0 Å². The highest BCUT2D eigenvalue weighted by Gasteiger charge is 2.32. The zero-order valence-corrected chi connectivity index (χ0v) is 17.8. The standard InChI is InChI=1S/C22H25F3N4O3/c1-14(27-17-5-3-4-15(12-17)21(31)26-2)20(30)28-18-13-16(22(23,24)25)6-7-19(18)29-8-10-32-11-9-29/h3-7,12-14,27H,8-11H2,1-2H3,(H,26,31)(H,28,30)/t14-/m0/s1. The molecule has 0 saturated carbocycles. The minimum atomic E-state index is -4.53. The van der Waals surface area contributed by atoms with E-state index in [1.165, 1.54) is 13.1 Å². The highest BCUT2D eigenvalue weighted by molar-refractivity contribution is 5.99. The fraction of sp³-hybridized carbons (Fsp3) is 0.364. The van der Waals surface area contributed by atoms with Gasteiger partial charge in [0.25, 0.3) is 5.91 Å². The highest BCUT2D eigenvalue weighted by Crippen LogP contribution is 2.36. The van der Waals surface area contributed by atoms with Crippen molar-refractivity contribution >= 4 is 28.9 Å². The quantitative estimate of drug-likeness (QED) is 0.629. The van der Waals surface area contributed by atoms with Gasteiger partial charge in [-0.25, -0.2) is 0 Å². The number of rotatable bonds is 6. The Morgan fingerprint density at radius 3 is 2.47 bits per heavy atom. The maximum atomic E-state index is 13.3. The van der Waals surface area contributed by atoms with Gasteiger partial charge in [0.1, 0.15) is 6.04 Å². The van der Waals surface area contributed by atoms with Gasteiger partial charge in [-0.05, 0) is 43.3 Å². The molecule has 1 heterocycles. The Morgan fingerprint density at radius 2 is 1.81 bits per heavy atom. The van der Waals surface area contributed by atoms with E-state index in [-0.39, 0.29) is 11.6 Å². The first kappa shape index (κ1) is 23.4. The van der Waals surface area contributed by atoms with E-state index >= 15 is 0 Å². The summed E-state index contributed by atoms with van der Waals surface area (Å²) in [5.41, 5.74) is 0.690. The van der Waals surface area contributed by atoms with Crippen LogP contribution in [0.2, 0.25) is 0 Å². The minimum absolute atomic E-state index is 0.0829. The van der Waals surface area contributed by atoms with Crippen LogP contribution in [0, 0.1) is 0 Å². The predicted molar refractivity (Wildman–Crippen MR) is 116 cm³/mol. The molecule has 172 valence electrons. The SMILES string of the molecule is CNC(=O)c1cccc(N[C@@H](C)C(=O)Nc2cc(C(F)(F)F)ccc2N2CCOCC2)c1. The fourth-order valence-electron chi connectivity index (χ4n) is 3.34. The highest BCUT2D eigenvalue weighted by atomic mass is 19.4. The van der Waals surface area contributed by atoms with Crippen molar-refractivity contribution in [2.24, 2.45) is 0 Å². The second kappa shape index (κ2) is 9.90. The second-order valence-corrected chi connectivity index (χ2v) is 7.34. The molecule has 0 unspecified atom stereocenters. The van der Waals surface area contributed by atoms with Crippen molar-refractivity contribution in [3.05, 3.63) is 53.6 Å². The number of morpholine rings is 1. The molecule has 2 aromatic carbocycles. The Balaban J connectivity index is 1.80. The normalized spacial score (nSPS) is 15.1. The lowest BCUT2D eigenvalue weighted by Crippen LogP contribution is -2.37. The number of nitrogens with zero attached hydrogens (tertiary/aromatic N) is 1. The summed E-state index contributed by atoms with van der Waals surface area (Å²) in [7, 11) is 1.51. The zero-order valence-electron chi connectivity index (χ0n) is 17.8. The summed E-state index contributed by atoms with van der Waals surface area (Å²) in [6, 6.07) is 9.13. The third-order valence-electron chi connectivity index (χ3n) is 5.06. The number of benzene rings is 2. The molecule has 0 radical (unpaired) electrons. The lowest BCUT2D eigenvalue weighted by Gasteiger charge is -2.31. The van der Waals surface area contributed by atoms with Crippen LogP contribution in [0.15, 0.2) is 42.5 Å². The van der Waals surface area contributed by atoms with Crippen LogP contribution in [0.3, 0.4) is 0 Å². The molecule has 32 heavy (non-hydrogen) atoms. The van der Waals surface area contributed by atoms with Gasteiger partial charge in [0.2, 0.25) is 5.91 Å². The van der Waals surface area contributed by atoms with Crippen LogP contribution in [0.1, 0.15) is 22.8 Å². The van der Waals surface area contributed by atoms with Crippen LogP contribution in [-0.4, -0.2) is 51.2 Å². The molecule has 2 aromatic rings. The molecule has 0 bridgehead atoms. The number of hydrogen-bond acceptors (Lipinski definition) is 5. The van der Waals surface area contributed by atoms with Gasteiger partial charge in [-0.15, -0.1) is 0 Å². The number of alkyl halides is 3. The van der Waals surface area contributed by atoms with E-state index in [0.29, 0.717) is 43.2 Å². The number of nitrogens with one attached hydrogen (secondary N) is 3. The first-order valence-electron chi connectivity index (χ1n) is 10.1. The summed E-state index contributed by atoms with van der Waals surface area (Å²) in [6.07, 6.45) is -4.53. The van der Waals surface area contributed by atoms with Crippen LogP contribution < -0.4 is 20.9 Å². The molecule has 10 heteroatoms. The van der Waals surface area contributed by atoms with Crippen molar-refractivity contribution < 1.29 is 27.5 Å². The van der Waals surface area contributed by atoms with Gasteiger partial charge in [-0.2, -0.15) is 13.2 Å². The summed E-state index contributed by atoms with van der Waals surface area (Å²) in [6.45, 7) is 3.51. The average Bonchev–Trinajstić information content (AvgIpc) is 2.78. The van der Waals surface area contributed by atoms with Crippen molar-refractivity contribution in [1.82, 2.24) is 5.32 Å². The van der Waals surface area contributed by atoms with Crippen molar-refractivity contribution in [1.29, 1.82) is 0 Å². The maximum Gasteiger partial charge on any atom is 0.416 e. The van der Waals surface area contributed by atoms with E-state index in [1.807, 2.05) is 4.90 Å². The molecule has 2 amide bonds. The van der Waals surface area contributed by atoms with E-state index in [4.69, 9.17) is 4.74 Å². The van der Waals surface area contributed by atoms with Gasteiger partial charge < -0.3 is 25.6 Å². The van der Waals surface area contributed by atoms with E-state index < -0.39 is 23.7 Å². The van der Waals surface area contributed by atoms with Gasteiger partial charge in [0.05, 0.1) is 30.2 Å². The van der Waals surface area contributed by atoms with Gasteiger partial charge in [-0.1, -0.05) is 6.07 Å². The van der Waals surface area contributed by atoms with Crippen LogP contribution in [0.5, 0.6) is 0 Å². The molecule has 1 saturated heterocycles. The van der Waals surface area contributed by atoms with Crippen molar-refractivity contribution in [3.63, 3.8) is 0 Å². The van der Waals surface area contributed by atoms with Crippen LogP contribution in [-0.2, 0) is 15.7 Å². The molecule has 7 nitrogen and oxygen atoms in total. The molecule has 1 fully saturated rings. The lowest BCUT2D eigenvalue weighted by atomic mass is 10.1. The molecular formula is C22H25F3N4O3. The summed E-state index contributed by atoms with van der Waals surface area (Å²) < 4.78 is 45.1. The second-order valence-electron chi connectivity index (χ2n) is 7.34. The van der Waals surface area contributed by atoms with E-state index in [1.54, 1.807) is 31.2 Å². The number of amides is 2. The van der Waals surface area contributed by atoms with Crippen LogP contribution in [0.4, 0.5) is 30.2 Å². The molecule has 1 aliphatic heterocycles. The first-order chi connectivity index (χ1) is 15.2. The molecule has 0 aliphatic carbocycles. The van der Waals surface area contributed by atoms with Gasteiger partial charge >= 0.3 is 6.18 Å². The van der Waals surface area contributed by atoms with Crippen LogP contribution in [0.25, 0.3) is 0 Å². The van der Waals surface area contributed by atoms with Gasteiger partial charge in [0, 0.05) is 31.4 Å². The fourth-order valence-corrected chi connectivity index (χ4v) is 3.34. The third kappa shape index (κ3) is 5.70. The van der Waals surface area contributed by atoms with Crippen molar-refractivity contribution in [2.45, 2.75) is 19.1 Å². The Kier molecular flexibility index (Phi) is 7.24. The number of halogens is 3. The summed E-state index contributed by atoms with van der Waals surface area (Å²) in [5, 5.41) is 8.12. The van der Waals surface area contributed by atoms with E-state index in [0.717, 1.165) is 12.1 Å². The minimum Gasteiger partial charge on any atom is -0.378 e. The molecule has 0 spiro atoms. The third-order valence-corrected chi connectivity index (χ3v) is 5.06. The number of carbonyl (C=O) groups is 2. The topological polar surface area (TPSA) is 82.7 Å². The molecule has 3 N–H and O–H groups in total. The van der Waals surface area contributed by atoms with Gasteiger partial charge in [-0.3, -0.25) is 9.59 Å². The molecule has 1 aliphatic rings. The van der Waals surface area contributed by atoms with E-state index in [9.17, 15) is 22.8 Å². The predicted octanol–water partition coefficient (Wildman–Crippen LogP) is 3.34. The largest absolute Gasteiger partial charge is 0.416 e. The Hall–Kier alpha value is -3.27. The molecule has 1 atom stereocenters. The molecular weight excluding hydrogens is 425 g/mol. The number of hydrogen-bond donors (Lipinski definition) is 3. The number of carbonyl (C=O) groups excluding carboxylic acids is 2.